The Morgan fingerprint density at radius 1 is 1.80 bits per heavy atom. The molecule has 0 radical (unpaired) electrons. The van der Waals surface area contributed by atoms with Crippen LogP contribution in [-0.4, -0.2) is 6.26 Å². The molecule has 0 aliphatic rings. The Bertz CT molecular complexity index is 120. The summed E-state index contributed by atoms with van der Waals surface area (Å²) in [5, 5.41) is 0. The van der Waals surface area contributed by atoms with Gasteiger partial charge in [-0.15, -0.1) is 6.58 Å². The summed E-state index contributed by atoms with van der Waals surface area (Å²) in [6, 6.07) is 0. The topological polar surface area (TPSA) is 12.0 Å². The number of hydrogen-bond donors (Lipinski definition) is 1. The molecule has 2 heteroatoms. The van der Waals surface area contributed by atoms with E-state index in [9.17, 15) is 0 Å². The van der Waals surface area contributed by atoms with Gasteiger partial charge in [-0.3, -0.25) is 0 Å². The summed E-state index contributed by atoms with van der Waals surface area (Å²) in [6.45, 7) is 9.73. The lowest BCUT2D eigenvalue weighted by atomic mass is 10.0. The van der Waals surface area contributed by atoms with E-state index in [2.05, 4.69) is 24.8 Å². The van der Waals surface area contributed by atoms with Crippen molar-refractivity contribution in [2.75, 3.05) is 6.26 Å². The molecule has 0 fully saturated rings. The van der Waals surface area contributed by atoms with Crippen LogP contribution in [0.4, 0.5) is 0 Å². The molecule has 0 aromatic rings. The van der Waals surface area contributed by atoms with Crippen LogP contribution in [0.25, 0.3) is 0 Å². The average Bonchev–Trinajstić information content (AvgIpc) is 1.91. The molecule has 0 aromatic heterocycles. The fraction of sp³-hybridized carbons (Fsp3) is 0.500. The van der Waals surface area contributed by atoms with Crippen molar-refractivity contribution < 1.29 is 0 Å². The molecule has 0 bridgehead atoms. The van der Waals surface area contributed by atoms with Gasteiger partial charge in [0, 0.05) is 17.9 Å². The number of allylic oxidation sites excluding steroid dienone is 1. The van der Waals surface area contributed by atoms with E-state index in [1.165, 1.54) is 0 Å². The van der Waals surface area contributed by atoms with Gasteiger partial charge in [0.2, 0.25) is 0 Å². The Labute approximate surface area is 67.7 Å². The minimum Gasteiger partial charge on any atom is -0.334 e. The van der Waals surface area contributed by atoms with E-state index in [0.717, 1.165) is 12.1 Å². The quantitative estimate of drug-likeness (QED) is 0.486. The zero-order valence-corrected chi connectivity index (χ0v) is 7.50. The highest BCUT2D eigenvalue weighted by Gasteiger charge is 2.03. The van der Waals surface area contributed by atoms with Crippen LogP contribution in [0.1, 0.15) is 13.3 Å². The van der Waals surface area contributed by atoms with E-state index in [0.29, 0.717) is 5.92 Å². The maximum Gasteiger partial charge on any atom is 0.0207 e. The maximum atomic E-state index is 3.88. The molecule has 1 nitrogen and oxygen atoms in total. The molecule has 0 aliphatic carbocycles. The molecule has 1 unspecified atom stereocenters. The smallest absolute Gasteiger partial charge is 0.0207 e. The maximum absolute atomic E-state index is 3.88. The van der Waals surface area contributed by atoms with Crippen LogP contribution in [0.3, 0.4) is 0 Å². The standard InChI is InChI=1S/C8H15NS/c1-5-8(6-2)7(3)9-10-4/h5,8-9H,1,3,6H2,2,4H3. The average molecular weight is 157 g/mol. The first kappa shape index (κ1) is 9.63. The third-order valence-electron chi connectivity index (χ3n) is 1.41. The molecular formula is C8H15NS. The Balaban J connectivity index is 3.76. The normalized spacial score (nSPS) is 12.2. The summed E-state index contributed by atoms with van der Waals surface area (Å²) in [7, 11) is 0. The Morgan fingerprint density at radius 2 is 2.40 bits per heavy atom. The largest absolute Gasteiger partial charge is 0.334 e. The Morgan fingerprint density at radius 3 is 2.70 bits per heavy atom. The highest BCUT2D eigenvalue weighted by molar-refractivity contribution is 7.96. The number of hydrogen-bond acceptors (Lipinski definition) is 2. The summed E-state index contributed by atoms with van der Waals surface area (Å²) >= 11 is 1.57. The lowest BCUT2D eigenvalue weighted by molar-refractivity contribution is 0.709. The van der Waals surface area contributed by atoms with Gasteiger partial charge in [0.1, 0.15) is 0 Å². The molecule has 0 aliphatic heterocycles. The highest BCUT2D eigenvalue weighted by Crippen LogP contribution is 2.12. The van der Waals surface area contributed by atoms with Crippen molar-refractivity contribution in [3.8, 4) is 0 Å². The second-order valence-corrected chi connectivity index (χ2v) is 2.69. The Hall–Kier alpha value is -0.370. The molecule has 0 saturated heterocycles. The molecule has 10 heavy (non-hydrogen) atoms. The molecule has 0 amide bonds. The van der Waals surface area contributed by atoms with Crippen molar-refractivity contribution in [1.82, 2.24) is 4.72 Å². The van der Waals surface area contributed by atoms with E-state index in [-0.39, 0.29) is 0 Å². The van der Waals surface area contributed by atoms with Crippen molar-refractivity contribution in [3.63, 3.8) is 0 Å². The first-order chi connectivity index (χ1) is 4.76. The van der Waals surface area contributed by atoms with Crippen molar-refractivity contribution in [1.29, 1.82) is 0 Å². The van der Waals surface area contributed by atoms with Crippen molar-refractivity contribution >= 4 is 11.9 Å². The van der Waals surface area contributed by atoms with Gasteiger partial charge in [-0.05, 0) is 6.42 Å². The van der Waals surface area contributed by atoms with Crippen LogP contribution >= 0.6 is 11.9 Å². The minimum absolute atomic E-state index is 0.410. The van der Waals surface area contributed by atoms with E-state index in [4.69, 9.17) is 0 Å². The zero-order valence-electron chi connectivity index (χ0n) is 6.68. The second-order valence-electron chi connectivity index (χ2n) is 2.08. The molecule has 0 saturated carbocycles. The first-order valence-electron chi connectivity index (χ1n) is 3.36. The fourth-order valence-electron chi connectivity index (χ4n) is 0.762. The third kappa shape index (κ3) is 2.97. The summed E-state index contributed by atoms with van der Waals surface area (Å²) in [5.41, 5.74) is 1.05. The van der Waals surface area contributed by atoms with E-state index < -0.39 is 0 Å². The summed E-state index contributed by atoms with van der Waals surface area (Å²) in [4.78, 5) is 0. The monoisotopic (exact) mass is 157 g/mol. The molecule has 0 rings (SSSR count). The van der Waals surface area contributed by atoms with Gasteiger partial charge in [-0.1, -0.05) is 31.5 Å². The lowest BCUT2D eigenvalue weighted by Crippen LogP contribution is -2.09. The molecule has 1 N–H and O–H groups in total. The molecule has 1 atom stereocenters. The van der Waals surface area contributed by atoms with Crippen LogP contribution in [-0.2, 0) is 0 Å². The molecule has 0 aromatic carbocycles. The van der Waals surface area contributed by atoms with Crippen LogP contribution in [0.5, 0.6) is 0 Å². The van der Waals surface area contributed by atoms with Gasteiger partial charge in [0.05, 0.1) is 0 Å². The van der Waals surface area contributed by atoms with E-state index >= 15 is 0 Å². The fourth-order valence-corrected chi connectivity index (χ4v) is 1.18. The highest BCUT2D eigenvalue weighted by atomic mass is 32.2. The van der Waals surface area contributed by atoms with Crippen molar-refractivity contribution in [3.05, 3.63) is 24.9 Å². The summed E-state index contributed by atoms with van der Waals surface area (Å²) < 4.78 is 3.10. The van der Waals surface area contributed by atoms with Gasteiger partial charge >= 0.3 is 0 Å². The van der Waals surface area contributed by atoms with Crippen LogP contribution < -0.4 is 4.72 Å². The van der Waals surface area contributed by atoms with Gasteiger partial charge in [-0.25, -0.2) is 0 Å². The molecule has 0 spiro atoms. The molecule has 58 valence electrons. The predicted molar refractivity (Wildman–Crippen MR) is 49.8 cm³/mol. The number of nitrogens with one attached hydrogen (secondary N) is 1. The van der Waals surface area contributed by atoms with Gasteiger partial charge < -0.3 is 4.72 Å². The number of rotatable bonds is 5. The minimum atomic E-state index is 0.410. The van der Waals surface area contributed by atoms with Gasteiger partial charge in [0.15, 0.2) is 0 Å². The lowest BCUT2D eigenvalue weighted by Gasteiger charge is -2.12. The van der Waals surface area contributed by atoms with Crippen LogP contribution in [0.2, 0.25) is 0 Å². The summed E-state index contributed by atoms with van der Waals surface area (Å²) in [6.07, 6.45) is 4.97. The van der Waals surface area contributed by atoms with Gasteiger partial charge in [0.25, 0.3) is 0 Å². The van der Waals surface area contributed by atoms with Crippen LogP contribution in [0, 0.1) is 5.92 Å². The first-order valence-corrected chi connectivity index (χ1v) is 4.59. The Kier molecular flexibility index (Phi) is 5.22. The van der Waals surface area contributed by atoms with Gasteiger partial charge in [-0.2, -0.15) is 0 Å². The SMILES string of the molecule is C=CC(CC)C(=C)NSC. The molecule has 0 heterocycles. The molecular weight excluding hydrogens is 142 g/mol. The van der Waals surface area contributed by atoms with Crippen LogP contribution in [0.15, 0.2) is 24.9 Å². The van der Waals surface area contributed by atoms with Crippen molar-refractivity contribution in [2.24, 2.45) is 5.92 Å². The predicted octanol–water partition coefficient (Wildman–Crippen LogP) is 2.58. The third-order valence-corrected chi connectivity index (χ3v) is 1.87. The van der Waals surface area contributed by atoms with E-state index in [1.807, 2.05) is 12.3 Å². The second kappa shape index (κ2) is 5.42. The summed E-state index contributed by atoms with van der Waals surface area (Å²) in [5.74, 6) is 0.410. The van der Waals surface area contributed by atoms with Crippen molar-refractivity contribution in [2.45, 2.75) is 13.3 Å². The zero-order chi connectivity index (χ0) is 7.98. The van der Waals surface area contributed by atoms with E-state index in [1.54, 1.807) is 11.9 Å².